The van der Waals surface area contributed by atoms with Crippen LogP contribution in [0.5, 0.6) is 11.5 Å². The highest BCUT2D eigenvalue weighted by molar-refractivity contribution is 5.93. The number of halogens is 3. The van der Waals surface area contributed by atoms with E-state index in [1.807, 2.05) is 0 Å². The predicted molar refractivity (Wildman–Crippen MR) is 113 cm³/mol. The van der Waals surface area contributed by atoms with Gasteiger partial charge in [-0.1, -0.05) is 0 Å². The quantitative estimate of drug-likeness (QED) is 0.457. The fraction of sp³-hybridized carbons (Fsp3) is 0.350. The summed E-state index contributed by atoms with van der Waals surface area (Å²) in [6.07, 6.45) is -1.25. The number of aromatic nitrogens is 3. The average molecular weight is 463 g/mol. The zero-order valence-corrected chi connectivity index (χ0v) is 17.4. The molecule has 1 aliphatic carbocycles. The largest absolute Gasteiger partial charge is 0.486 e. The Kier molecular flexibility index (Phi) is 5.02. The van der Waals surface area contributed by atoms with E-state index >= 15 is 0 Å². The van der Waals surface area contributed by atoms with Crippen LogP contribution in [0.15, 0.2) is 24.4 Å². The third-order valence-electron chi connectivity index (χ3n) is 5.12. The number of benzene rings is 1. The van der Waals surface area contributed by atoms with Gasteiger partial charge in [-0.05, 0) is 25.0 Å². The molecule has 0 atom stereocenters. The summed E-state index contributed by atoms with van der Waals surface area (Å²) in [5.74, 6) is 0.874. The molecule has 2 aliphatic rings. The first-order valence-corrected chi connectivity index (χ1v) is 10.2. The second kappa shape index (κ2) is 7.90. The highest BCUT2D eigenvalue weighted by atomic mass is 19.4. The maximum atomic E-state index is 13.4. The van der Waals surface area contributed by atoms with Crippen molar-refractivity contribution in [2.24, 2.45) is 0 Å². The van der Waals surface area contributed by atoms with Crippen molar-refractivity contribution in [3.05, 3.63) is 30.0 Å². The number of ether oxygens (including phenoxy) is 2. The molecule has 1 fully saturated rings. The average Bonchev–Trinajstić information content (AvgIpc) is 3.51. The van der Waals surface area contributed by atoms with Gasteiger partial charge in [0, 0.05) is 19.2 Å². The second-order valence-corrected chi connectivity index (χ2v) is 7.61. The Morgan fingerprint density at radius 1 is 1.15 bits per heavy atom. The Morgan fingerprint density at radius 3 is 2.67 bits per heavy atom. The minimum absolute atomic E-state index is 0.00283. The molecule has 0 bridgehead atoms. The Hall–Kier alpha value is -3.90. The first-order valence-electron chi connectivity index (χ1n) is 10.2. The van der Waals surface area contributed by atoms with Gasteiger partial charge in [0.05, 0.1) is 17.4 Å². The molecule has 5 rings (SSSR count). The number of urea groups is 1. The van der Waals surface area contributed by atoms with Crippen molar-refractivity contribution in [1.82, 2.24) is 19.9 Å². The summed E-state index contributed by atoms with van der Waals surface area (Å²) in [5, 5.41) is 15.6. The zero-order valence-electron chi connectivity index (χ0n) is 17.4. The van der Waals surface area contributed by atoms with Gasteiger partial charge in [-0.3, -0.25) is 0 Å². The Morgan fingerprint density at radius 2 is 1.94 bits per heavy atom. The molecule has 1 aromatic carbocycles. The SMILES string of the molecule is CNc1cc(Nc2cc(C(F)(F)F)cc3c2OCCO3)nc2c(NC(=O)NC3CC3)cnn12. The molecule has 2 aromatic heterocycles. The summed E-state index contributed by atoms with van der Waals surface area (Å²) < 4.78 is 52.7. The molecule has 3 heterocycles. The summed E-state index contributed by atoms with van der Waals surface area (Å²) >= 11 is 0. The molecule has 1 aliphatic heterocycles. The van der Waals surface area contributed by atoms with Crippen molar-refractivity contribution in [3.63, 3.8) is 0 Å². The molecule has 33 heavy (non-hydrogen) atoms. The van der Waals surface area contributed by atoms with E-state index in [4.69, 9.17) is 9.47 Å². The zero-order chi connectivity index (χ0) is 23.2. The fourth-order valence-corrected chi connectivity index (χ4v) is 3.41. The summed E-state index contributed by atoms with van der Waals surface area (Å²) in [5.41, 5.74) is -0.182. The number of carbonyl (C=O) groups is 1. The smallest absolute Gasteiger partial charge is 0.416 e. The summed E-state index contributed by atoms with van der Waals surface area (Å²) in [6.45, 7) is 0.351. The van der Waals surface area contributed by atoms with Gasteiger partial charge in [0.2, 0.25) is 0 Å². The molecule has 0 radical (unpaired) electrons. The lowest BCUT2D eigenvalue weighted by Crippen LogP contribution is -2.30. The van der Waals surface area contributed by atoms with Gasteiger partial charge in [-0.2, -0.15) is 22.8 Å². The molecule has 0 saturated heterocycles. The number of fused-ring (bicyclic) bond motifs is 2. The number of alkyl halides is 3. The number of amides is 2. The highest BCUT2D eigenvalue weighted by Gasteiger charge is 2.34. The van der Waals surface area contributed by atoms with Gasteiger partial charge in [-0.25, -0.2) is 9.78 Å². The van der Waals surface area contributed by atoms with Crippen LogP contribution >= 0.6 is 0 Å². The lowest BCUT2D eigenvalue weighted by atomic mass is 10.1. The van der Waals surface area contributed by atoms with Gasteiger partial charge >= 0.3 is 12.2 Å². The van der Waals surface area contributed by atoms with Crippen LogP contribution in [0.25, 0.3) is 5.65 Å². The first-order chi connectivity index (χ1) is 15.8. The topological polar surface area (TPSA) is 114 Å². The van der Waals surface area contributed by atoms with Crippen LogP contribution in [0.1, 0.15) is 18.4 Å². The van der Waals surface area contributed by atoms with Crippen LogP contribution in [0.2, 0.25) is 0 Å². The molecule has 13 heteroatoms. The van der Waals surface area contributed by atoms with Crippen molar-refractivity contribution < 1.29 is 27.4 Å². The molecular weight excluding hydrogens is 443 g/mol. The Bertz CT molecular complexity index is 1220. The van der Waals surface area contributed by atoms with Gasteiger partial charge < -0.3 is 30.7 Å². The number of anilines is 4. The predicted octanol–water partition coefficient (Wildman–Crippen LogP) is 3.59. The third-order valence-corrected chi connectivity index (χ3v) is 5.12. The van der Waals surface area contributed by atoms with Crippen LogP contribution in [-0.2, 0) is 6.18 Å². The third kappa shape index (κ3) is 4.25. The van der Waals surface area contributed by atoms with E-state index < -0.39 is 11.7 Å². The van der Waals surface area contributed by atoms with E-state index in [2.05, 4.69) is 31.3 Å². The van der Waals surface area contributed by atoms with Gasteiger partial charge in [-0.15, -0.1) is 0 Å². The standard InChI is InChI=1S/C20H20F3N7O3/c1-24-16-8-15(29-18-13(9-25-30(16)18)28-19(31)26-11-2-3-11)27-12-6-10(20(21,22)23)7-14-17(12)33-5-4-32-14/h6-9,11,24H,2-5H2,1H3,(H,27,29)(H2,26,28,31). The Labute approximate surface area is 185 Å². The normalized spacial score (nSPS) is 15.3. The number of nitrogens with one attached hydrogen (secondary N) is 4. The molecule has 4 N–H and O–H groups in total. The monoisotopic (exact) mass is 463 g/mol. The maximum absolute atomic E-state index is 13.4. The van der Waals surface area contributed by atoms with Crippen LogP contribution in [0.4, 0.5) is 41.0 Å². The summed E-state index contributed by atoms with van der Waals surface area (Å²) in [7, 11) is 1.66. The van der Waals surface area contributed by atoms with E-state index in [-0.39, 0.29) is 48.3 Å². The van der Waals surface area contributed by atoms with Gasteiger partial charge in [0.1, 0.15) is 30.5 Å². The number of rotatable bonds is 5. The minimum atomic E-state index is -4.57. The Balaban J connectivity index is 1.52. The number of hydrogen-bond acceptors (Lipinski definition) is 7. The van der Waals surface area contributed by atoms with E-state index in [9.17, 15) is 18.0 Å². The lowest BCUT2D eigenvalue weighted by molar-refractivity contribution is -0.137. The molecule has 0 unspecified atom stereocenters. The maximum Gasteiger partial charge on any atom is 0.416 e. The van der Waals surface area contributed by atoms with Crippen LogP contribution < -0.4 is 30.7 Å². The minimum Gasteiger partial charge on any atom is -0.486 e. The first kappa shape index (κ1) is 21.0. The summed E-state index contributed by atoms with van der Waals surface area (Å²) in [6, 6.07) is 3.21. The van der Waals surface area contributed by atoms with Crippen molar-refractivity contribution in [1.29, 1.82) is 0 Å². The number of hydrogen-bond donors (Lipinski definition) is 4. The van der Waals surface area contributed by atoms with Crippen molar-refractivity contribution in [2.45, 2.75) is 25.1 Å². The highest BCUT2D eigenvalue weighted by Crippen LogP contribution is 2.44. The van der Waals surface area contributed by atoms with Crippen molar-refractivity contribution in [3.8, 4) is 11.5 Å². The van der Waals surface area contributed by atoms with Crippen LogP contribution in [0.3, 0.4) is 0 Å². The molecule has 174 valence electrons. The van der Waals surface area contributed by atoms with Crippen LogP contribution in [0, 0.1) is 0 Å². The van der Waals surface area contributed by atoms with Gasteiger partial charge in [0.25, 0.3) is 0 Å². The molecule has 2 amide bonds. The molecular formula is C20H20F3N7O3. The lowest BCUT2D eigenvalue weighted by Gasteiger charge is -2.23. The molecule has 3 aromatic rings. The van der Waals surface area contributed by atoms with Crippen molar-refractivity contribution in [2.75, 3.05) is 36.2 Å². The number of nitrogens with zero attached hydrogens (tertiary/aromatic N) is 3. The molecule has 1 saturated carbocycles. The van der Waals surface area contributed by atoms with E-state index in [1.54, 1.807) is 13.1 Å². The van der Waals surface area contributed by atoms with Gasteiger partial charge in [0.15, 0.2) is 17.1 Å². The van der Waals surface area contributed by atoms with E-state index in [0.717, 1.165) is 25.0 Å². The van der Waals surface area contributed by atoms with E-state index in [0.29, 0.717) is 17.2 Å². The number of carbonyl (C=O) groups excluding carboxylic acids is 1. The molecule has 10 nitrogen and oxygen atoms in total. The van der Waals surface area contributed by atoms with E-state index in [1.165, 1.54) is 10.7 Å². The van der Waals surface area contributed by atoms with Crippen molar-refractivity contribution >= 4 is 34.7 Å². The second-order valence-electron chi connectivity index (χ2n) is 7.61. The summed E-state index contributed by atoms with van der Waals surface area (Å²) in [4.78, 5) is 16.6. The van der Waals surface area contributed by atoms with Crippen LogP contribution in [-0.4, -0.2) is 46.9 Å². The molecule has 0 spiro atoms. The fourth-order valence-electron chi connectivity index (χ4n) is 3.41.